The molecule has 2 aromatic carbocycles. The zero-order valence-electron chi connectivity index (χ0n) is 20.3. The van der Waals surface area contributed by atoms with Crippen LogP contribution in [0.25, 0.3) is 0 Å². The number of nitrogens with zero attached hydrogens (tertiary/aromatic N) is 3. The first kappa shape index (κ1) is 28.4. The third-order valence-corrected chi connectivity index (χ3v) is 8.24. The van der Waals surface area contributed by atoms with E-state index in [9.17, 15) is 8.42 Å². The number of sulfonamides is 1. The number of hydrogen-bond acceptors (Lipinski definition) is 5. The molecule has 3 aromatic rings. The van der Waals surface area contributed by atoms with Crippen LogP contribution in [-0.4, -0.2) is 48.8 Å². The SMILES string of the molecule is Cl.O=S(=O)(c1ccc(Cl)cc1)N(Cc1cccnc1)Cc1ccccc1OCCCN1CCCCC1. The maximum atomic E-state index is 13.6. The summed E-state index contributed by atoms with van der Waals surface area (Å²) < 4.78 is 34.8. The highest BCUT2D eigenvalue weighted by Crippen LogP contribution is 2.26. The fourth-order valence-electron chi connectivity index (χ4n) is 4.30. The maximum absolute atomic E-state index is 13.6. The fraction of sp³-hybridized carbons (Fsp3) is 0.370. The van der Waals surface area contributed by atoms with Gasteiger partial charge in [0.2, 0.25) is 10.0 Å². The molecular weight excluding hydrogens is 517 g/mol. The van der Waals surface area contributed by atoms with Crippen molar-refractivity contribution >= 4 is 34.0 Å². The second-order valence-electron chi connectivity index (χ2n) is 8.80. The van der Waals surface area contributed by atoms with Crippen LogP contribution in [0.1, 0.15) is 36.8 Å². The molecule has 0 atom stereocenters. The van der Waals surface area contributed by atoms with Crippen molar-refractivity contribution in [2.75, 3.05) is 26.2 Å². The first-order valence-electron chi connectivity index (χ1n) is 12.1. The molecule has 4 rings (SSSR count). The van der Waals surface area contributed by atoms with E-state index < -0.39 is 10.0 Å². The Morgan fingerprint density at radius 1 is 0.944 bits per heavy atom. The van der Waals surface area contributed by atoms with Crippen LogP contribution >= 0.6 is 24.0 Å². The van der Waals surface area contributed by atoms with Gasteiger partial charge in [0.05, 0.1) is 11.5 Å². The Labute approximate surface area is 225 Å². The Kier molecular flexibility index (Phi) is 11.0. The minimum absolute atomic E-state index is 0. The lowest BCUT2D eigenvalue weighted by atomic mass is 10.1. The van der Waals surface area contributed by atoms with E-state index in [1.54, 1.807) is 24.5 Å². The first-order chi connectivity index (χ1) is 17.0. The lowest BCUT2D eigenvalue weighted by molar-refractivity contribution is 0.204. The standard InChI is InChI=1S/C27H32ClN3O3S.ClH/c28-25-11-13-26(14-12-25)35(32,33)31(21-23-8-6-15-29-20-23)22-24-9-2-3-10-27(24)34-19-7-18-30-16-4-1-5-17-30;/h2-3,6,8-15,20H,1,4-5,7,16-19,21-22H2;1H. The summed E-state index contributed by atoms with van der Waals surface area (Å²) in [4.78, 5) is 6.84. The van der Waals surface area contributed by atoms with E-state index >= 15 is 0 Å². The lowest BCUT2D eigenvalue weighted by Crippen LogP contribution is -2.31. The van der Waals surface area contributed by atoms with E-state index in [0.29, 0.717) is 17.4 Å². The molecule has 1 aliphatic rings. The Morgan fingerprint density at radius 2 is 1.69 bits per heavy atom. The Balaban J connectivity index is 0.00000361. The number of benzene rings is 2. The van der Waals surface area contributed by atoms with Crippen molar-refractivity contribution < 1.29 is 13.2 Å². The van der Waals surface area contributed by atoms with Crippen molar-refractivity contribution in [2.24, 2.45) is 0 Å². The maximum Gasteiger partial charge on any atom is 0.243 e. The average molecular weight is 551 g/mol. The molecule has 0 radical (unpaired) electrons. The molecular formula is C27H33Cl2N3O3S. The van der Waals surface area contributed by atoms with Gasteiger partial charge >= 0.3 is 0 Å². The first-order valence-corrected chi connectivity index (χ1v) is 13.9. The van der Waals surface area contributed by atoms with Crippen LogP contribution in [0.2, 0.25) is 5.02 Å². The third kappa shape index (κ3) is 7.92. The normalized spacial score (nSPS) is 14.4. The van der Waals surface area contributed by atoms with E-state index in [-0.39, 0.29) is 30.4 Å². The Bertz CT molecular complexity index is 1170. The van der Waals surface area contributed by atoms with E-state index in [1.807, 2.05) is 36.4 Å². The zero-order valence-corrected chi connectivity index (χ0v) is 22.6. The molecule has 0 aliphatic carbocycles. The van der Waals surface area contributed by atoms with E-state index in [2.05, 4.69) is 9.88 Å². The highest BCUT2D eigenvalue weighted by Gasteiger charge is 2.26. The highest BCUT2D eigenvalue weighted by atomic mass is 35.5. The summed E-state index contributed by atoms with van der Waals surface area (Å²) in [6.07, 6.45) is 8.19. The number of rotatable bonds is 11. The molecule has 1 aliphatic heterocycles. The quantitative estimate of drug-likeness (QED) is 0.283. The lowest BCUT2D eigenvalue weighted by Gasteiger charge is -2.26. The van der Waals surface area contributed by atoms with Crippen molar-refractivity contribution in [1.82, 2.24) is 14.2 Å². The van der Waals surface area contributed by atoms with Crippen molar-refractivity contribution in [1.29, 1.82) is 0 Å². The summed E-state index contributed by atoms with van der Waals surface area (Å²) in [6.45, 7) is 4.34. The fourth-order valence-corrected chi connectivity index (χ4v) is 5.83. The number of ether oxygens (including phenoxy) is 1. The van der Waals surface area contributed by atoms with Gasteiger partial charge in [-0.2, -0.15) is 4.31 Å². The number of pyridine rings is 1. The number of likely N-dealkylation sites (tertiary alicyclic amines) is 1. The predicted molar refractivity (Wildman–Crippen MR) is 146 cm³/mol. The van der Waals surface area contributed by atoms with Crippen molar-refractivity contribution in [3.8, 4) is 5.75 Å². The minimum atomic E-state index is -3.79. The second-order valence-corrected chi connectivity index (χ2v) is 11.2. The monoisotopic (exact) mass is 549 g/mol. The number of para-hydroxylation sites is 1. The number of hydrogen-bond donors (Lipinski definition) is 0. The van der Waals surface area contributed by atoms with E-state index in [0.717, 1.165) is 24.1 Å². The molecule has 1 saturated heterocycles. The molecule has 194 valence electrons. The van der Waals surface area contributed by atoms with Crippen LogP contribution in [0.15, 0.2) is 78.0 Å². The molecule has 0 unspecified atom stereocenters. The van der Waals surface area contributed by atoms with E-state index in [1.165, 1.54) is 48.8 Å². The van der Waals surface area contributed by atoms with Gasteiger partial charge in [0.1, 0.15) is 5.75 Å². The van der Waals surface area contributed by atoms with Crippen LogP contribution < -0.4 is 4.74 Å². The Morgan fingerprint density at radius 3 is 2.42 bits per heavy atom. The van der Waals surface area contributed by atoms with Crippen LogP contribution in [0.3, 0.4) is 0 Å². The Hall–Kier alpha value is -2.16. The summed E-state index contributed by atoms with van der Waals surface area (Å²) in [5, 5.41) is 0.492. The van der Waals surface area contributed by atoms with Gasteiger partial charge in [0.15, 0.2) is 0 Å². The van der Waals surface area contributed by atoms with Gasteiger partial charge in [-0.05, 0) is 74.3 Å². The average Bonchev–Trinajstić information content (AvgIpc) is 2.88. The van der Waals surface area contributed by atoms with Crippen molar-refractivity contribution in [2.45, 2.75) is 43.7 Å². The van der Waals surface area contributed by atoms with Crippen LogP contribution in [0, 0.1) is 0 Å². The van der Waals surface area contributed by atoms with Crippen molar-refractivity contribution in [3.05, 3.63) is 89.2 Å². The molecule has 0 amide bonds. The third-order valence-electron chi connectivity index (χ3n) is 6.18. The minimum Gasteiger partial charge on any atom is -0.493 e. The van der Waals surface area contributed by atoms with Gasteiger partial charge in [0.25, 0.3) is 0 Å². The summed E-state index contributed by atoms with van der Waals surface area (Å²) in [5.74, 6) is 0.716. The molecule has 9 heteroatoms. The number of piperidine rings is 1. The smallest absolute Gasteiger partial charge is 0.243 e. The molecule has 6 nitrogen and oxygen atoms in total. The largest absolute Gasteiger partial charge is 0.493 e. The van der Waals surface area contributed by atoms with Crippen LogP contribution in [0.5, 0.6) is 5.75 Å². The van der Waals surface area contributed by atoms with Gasteiger partial charge in [-0.25, -0.2) is 8.42 Å². The van der Waals surface area contributed by atoms with Gasteiger partial charge in [-0.3, -0.25) is 4.98 Å². The molecule has 36 heavy (non-hydrogen) atoms. The van der Waals surface area contributed by atoms with Crippen molar-refractivity contribution in [3.63, 3.8) is 0 Å². The van der Waals surface area contributed by atoms with Gasteiger partial charge in [0, 0.05) is 42.6 Å². The highest BCUT2D eigenvalue weighted by molar-refractivity contribution is 7.89. The summed E-state index contributed by atoms with van der Waals surface area (Å²) in [6, 6.07) is 17.6. The molecule has 1 fully saturated rings. The molecule has 2 heterocycles. The molecule has 0 bridgehead atoms. The molecule has 0 saturated carbocycles. The summed E-state index contributed by atoms with van der Waals surface area (Å²) in [7, 11) is -3.79. The second kappa shape index (κ2) is 14.0. The topological polar surface area (TPSA) is 62.7 Å². The van der Waals surface area contributed by atoms with Gasteiger partial charge in [-0.15, -0.1) is 12.4 Å². The molecule has 1 aromatic heterocycles. The number of halogens is 2. The summed E-state index contributed by atoms with van der Waals surface area (Å²) in [5.41, 5.74) is 1.64. The number of aromatic nitrogens is 1. The molecule has 0 N–H and O–H groups in total. The van der Waals surface area contributed by atoms with E-state index in [4.69, 9.17) is 16.3 Å². The van der Waals surface area contributed by atoms with Gasteiger partial charge < -0.3 is 9.64 Å². The van der Waals surface area contributed by atoms with Crippen LogP contribution in [0.4, 0.5) is 0 Å². The molecule has 0 spiro atoms. The zero-order chi connectivity index (χ0) is 24.5. The van der Waals surface area contributed by atoms with Crippen LogP contribution in [-0.2, 0) is 23.1 Å². The predicted octanol–water partition coefficient (Wildman–Crippen LogP) is 5.80. The summed E-state index contributed by atoms with van der Waals surface area (Å²) >= 11 is 6.00. The van der Waals surface area contributed by atoms with Gasteiger partial charge in [-0.1, -0.05) is 42.3 Å².